The molecule has 2 aromatic rings. The fourth-order valence-corrected chi connectivity index (χ4v) is 3.21. The average Bonchev–Trinajstić information content (AvgIpc) is 2.59. The van der Waals surface area contributed by atoms with E-state index in [4.69, 9.17) is 16.3 Å². The summed E-state index contributed by atoms with van der Waals surface area (Å²) in [6, 6.07) is 9.81. The molecule has 0 spiro atoms. The number of hydrogen-bond acceptors (Lipinski definition) is 4. The van der Waals surface area contributed by atoms with Gasteiger partial charge in [0, 0.05) is 18.7 Å². The summed E-state index contributed by atoms with van der Waals surface area (Å²) in [6.45, 7) is 2.21. The highest BCUT2D eigenvalue weighted by Gasteiger charge is 2.14. The Hall–Kier alpha value is -2.16. The van der Waals surface area contributed by atoms with Gasteiger partial charge in [-0.05, 0) is 49.4 Å². The van der Waals surface area contributed by atoms with Gasteiger partial charge < -0.3 is 10.1 Å². The van der Waals surface area contributed by atoms with Gasteiger partial charge in [0.1, 0.15) is 11.6 Å². The van der Waals surface area contributed by atoms with Crippen molar-refractivity contribution in [1.29, 1.82) is 0 Å². The van der Waals surface area contributed by atoms with Crippen molar-refractivity contribution in [3.8, 4) is 5.75 Å². The molecule has 0 fully saturated rings. The second kappa shape index (κ2) is 8.98. The van der Waals surface area contributed by atoms with Gasteiger partial charge >= 0.3 is 0 Å². The molecule has 2 N–H and O–H groups in total. The van der Waals surface area contributed by atoms with E-state index in [0.29, 0.717) is 12.4 Å². The number of carbonyl (C=O) groups excluding carboxylic acids is 1. The molecule has 0 aliphatic heterocycles. The third kappa shape index (κ3) is 5.69. The first-order valence-electron chi connectivity index (χ1n) is 7.79. The summed E-state index contributed by atoms with van der Waals surface area (Å²) >= 11 is 5.56. The molecule has 0 aliphatic carbocycles. The van der Waals surface area contributed by atoms with Gasteiger partial charge in [-0.1, -0.05) is 11.6 Å². The van der Waals surface area contributed by atoms with Gasteiger partial charge in [0.05, 0.1) is 16.5 Å². The summed E-state index contributed by atoms with van der Waals surface area (Å²) in [4.78, 5) is 11.9. The fourth-order valence-electron chi connectivity index (χ4n) is 2.06. The third-order valence-electron chi connectivity index (χ3n) is 3.29. The van der Waals surface area contributed by atoms with Crippen molar-refractivity contribution in [1.82, 2.24) is 4.72 Å². The maximum atomic E-state index is 13.3. The van der Waals surface area contributed by atoms with Crippen molar-refractivity contribution in [3.63, 3.8) is 0 Å². The molecule has 2 aromatic carbocycles. The van der Waals surface area contributed by atoms with E-state index in [1.54, 1.807) is 12.1 Å². The lowest BCUT2D eigenvalue weighted by Gasteiger charge is -2.09. The number of halogens is 2. The molecule has 6 nitrogen and oxygen atoms in total. The van der Waals surface area contributed by atoms with Crippen LogP contribution in [0.25, 0.3) is 0 Å². The van der Waals surface area contributed by atoms with Crippen LogP contribution >= 0.6 is 11.6 Å². The molecule has 140 valence electrons. The van der Waals surface area contributed by atoms with Gasteiger partial charge in [-0.25, -0.2) is 17.5 Å². The zero-order chi connectivity index (χ0) is 19.2. The molecule has 0 aliphatic rings. The van der Waals surface area contributed by atoms with E-state index in [1.807, 2.05) is 6.92 Å². The van der Waals surface area contributed by atoms with E-state index >= 15 is 0 Å². The summed E-state index contributed by atoms with van der Waals surface area (Å²) < 4.78 is 45.3. The Morgan fingerprint density at radius 1 is 1.19 bits per heavy atom. The van der Waals surface area contributed by atoms with Gasteiger partial charge in [0.25, 0.3) is 0 Å². The molecule has 26 heavy (non-hydrogen) atoms. The van der Waals surface area contributed by atoms with Gasteiger partial charge in [-0.3, -0.25) is 4.79 Å². The van der Waals surface area contributed by atoms with Crippen LogP contribution in [-0.4, -0.2) is 27.5 Å². The van der Waals surface area contributed by atoms with Crippen LogP contribution in [-0.2, 0) is 14.8 Å². The van der Waals surface area contributed by atoms with Crippen LogP contribution in [0, 0.1) is 5.82 Å². The number of carbonyl (C=O) groups is 1. The minimum Gasteiger partial charge on any atom is -0.494 e. The van der Waals surface area contributed by atoms with E-state index < -0.39 is 21.7 Å². The number of amides is 1. The Balaban J connectivity index is 1.87. The predicted molar refractivity (Wildman–Crippen MR) is 97.5 cm³/mol. The topological polar surface area (TPSA) is 84.5 Å². The lowest BCUT2D eigenvalue weighted by molar-refractivity contribution is -0.116. The first-order valence-corrected chi connectivity index (χ1v) is 9.65. The summed E-state index contributed by atoms with van der Waals surface area (Å²) in [5, 5.41) is 2.42. The smallest absolute Gasteiger partial charge is 0.240 e. The molecule has 0 saturated carbocycles. The van der Waals surface area contributed by atoms with Crippen LogP contribution in [0.5, 0.6) is 5.75 Å². The summed E-state index contributed by atoms with van der Waals surface area (Å²) in [6.07, 6.45) is -0.111. The standard InChI is InChI=1S/C17H18ClFN2O4S/c1-2-25-13-4-6-14(7-5-13)26(23,24)20-10-9-17(22)21-12-3-8-15(18)16(19)11-12/h3-8,11,20H,2,9-10H2,1H3,(H,21,22). The Labute approximate surface area is 156 Å². The molecular weight excluding hydrogens is 383 g/mol. The molecule has 1 amide bonds. The van der Waals surface area contributed by atoms with Gasteiger partial charge in [0.2, 0.25) is 15.9 Å². The lowest BCUT2D eigenvalue weighted by Crippen LogP contribution is -2.27. The second-order valence-electron chi connectivity index (χ2n) is 5.23. The number of nitrogens with one attached hydrogen (secondary N) is 2. The monoisotopic (exact) mass is 400 g/mol. The van der Waals surface area contributed by atoms with Gasteiger partial charge in [-0.15, -0.1) is 0 Å². The van der Waals surface area contributed by atoms with E-state index in [2.05, 4.69) is 10.0 Å². The van der Waals surface area contributed by atoms with Crippen LogP contribution in [0.1, 0.15) is 13.3 Å². The van der Waals surface area contributed by atoms with Crippen LogP contribution in [0.2, 0.25) is 5.02 Å². The lowest BCUT2D eigenvalue weighted by atomic mass is 10.3. The van der Waals surface area contributed by atoms with Crippen molar-refractivity contribution in [2.45, 2.75) is 18.2 Å². The summed E-state index contributed by atoms with van der Waals surface area (Å²) in [5.74, 6) is -0.539. The van der Waals surface area contributed by atoms with Crippen LogP contribution < -0.4 is 14.8 Å². The van der Waals surface area contributed by atoms with Crippen LogP contribution in [0.3, 0.4) is 0 Å². The Kier molecular flexibility index (Phi) is 6.96. The van der Waals surface area contributed by atoms with Crippen molar-refractivity contribution in [2.75, 3.05) is 18.5 Å². The molecule has 0 atom stereocenters. The minimum atomic E-state index is -3.74. The van der Waals surface area contributed by atoms with E-state index in [-0.39, 0.29) is 28.6 Å². The highest BCUT2D eigenvalue weighted by atomic mass is 35.5. The highest BCUT2D eigenvalue weighted by molar-refractivity contribution is 7.89. The SMILES string of the molecule is CCOc1ccc(S(=O)(=O)NCCC(=O)Nc2ccc(Cl)c(F)c2)cc1. The largest absolute Gasteiger partial charge is 0.494 e. The molecular formula is C17H18ClFN2O4S. The molecule has 0 saturated heterocycles. The predicted octanol–water partition coefficient (Wildman–Crippen LogP) is 3.18. The average molecular weight is 401 g/mol. The molecule has 9 heteroatoms. The minimum absolute atomic E-state index is 0.0499. The van der Waals surface area contributed by atoms with Crippen molar-refractivity contribution >= 4 is 33.2 Å². The fraction of sp³-hybridized carbons (Fsp3) is 0.235. The zero-order valence-electron chi connectivity index (χ0n) is 14.0. The van der Waals surface area contributed by atoms with Crippen molar-refractivity contribution in [3.05, 3.63) is 53.3 Å². The van der Waals surface area contributed by atoms with Gasteiger partial charge in [0.15, 0.2) is 0 Å². The number of hydrogen-bond donors (Lipinski definition) is 2. The molecule has 0 aromatic heterocycles. The Bertz CT molecular complexity index is 873. The Morgan fingerprint density at radius 3 is 2.50 bits per heavy atom. The third-order valence-corrected chi connectivity index (χ3v) is 5.08. The molecule has 0 radical (unpaired) electrons. The van der Waals surface area contributed by atoms with E-state index in [9.17, 15) is 17.6 Å². The van der Waals surface area contributed by atoms with Crippen molar-refractivity contribution < 1.29 is 22.3 Å². The molecule has 2 rings (SSSR count). The highest BCUT2D eigenvalue weighted by Crippen LogP contribution is 2.19. The van der Waals surface area contributed by atoms with Gasteiger partial charge in [-0.2, -0.15) is 0 Å². The molecule has 0 unspecified atom stereocenters. The van der Waals surface area contributed by atoms with Crippen LogP contribution in [0.4, 0.5) is 10.1 Å². The number of ether oxygens (including phenoxy) is 1. The first kappa shape index (κ1) is 20.2. The number of rotatable bonds is 8. The summed E-state index contributed by atoms with van der Waals surface area (Å²) in [5.41, 5.74) is 0.242. The molecule has 0 bridgehead atoms. The normalized spacial score (nSPS) is 11.2. The maximum Gasteiger partial charge on any atom is 0.240 e. The second-order valence-corrected chi connectivity index (χ2v) is 7.40. The maximum absolute atomic E-state index is 13.3. The summed E-state index contributed by atoms with van der Waals surface area (Å²) in [7, 11) is -3.74. The number of anilines is 1. The first-order chi connectivity index (χ1) is 12.3. The number of benzene rings is 2. The van der Waals surface area contributed by atoms with E-state index in [0.717, 1.165) is 6.07 Å². The molecule has 0 heterocycles. The van der Waals surface area contributed by atoms with Crippen LogP contribution in [0.15, 0.2) is 47.4 Å². The van der Waals surface area contributed by atoms with Crippen molar-refractivity contribution in [2.24, 2.45) is 0 Å². The Morgan fingerprint density at radius 2 is 1.88 bits per heavy atom. The quantitative estimate of drug-likeness (QED) is 0.712. The number of sulfonamides is 1. The van der Waals surface area contributed by atoms with E-state index in [1.165, 1.54) is 24.3 Å². The zero-order valence-corrected chi connectivity index (χ0v) is 15.5.